The Hall–Kier alpha value is -3.39. The lowest BCUT2D eigenvalue weighted by Gasteiger charge is -2.05. The first-order chi connectivity index (χ1) is 13.7. The molecule has 2 aromatic heterocycles. The molecular formula is C20H15N3O4S. The fourth-order valence-electron chi connectivity index (χ4n) is 2.61. The molecule has 0 aliphatic heterocycles. The SMILES string of the molecule is O=C(CSc1nnc(Cc2ccccc2)o1)Nc1ccc2oc(=O)ccc2c1. The van der Waals surface area contributed by atoms with Crippen LogP contribution in [-0.2, 0) is 11.2 Å². The second kappa shape index (κ2) is 8.10. The number of carbonyl (C=O) groups excluding carboxylic acids is 1. The van der Waals surface area contributed by atoms with Gasteiger partial charge in [0.25, 0.3) is 5.22 Å². The number of nitrogens with zero attached hydrogens (tertiary/aromatic N) is 2. The van der Waals surface area contributed by atoms with Crippen molar-refractivity contribution in [3.8, 4) is 0 Å². The second-order valence-electron chi connectivity index (χ2n) is 5.97. The number of aromatic nitrogens is 2. The van der Waals surface area contributed by atoms with Crippen molar-refractivity contribution >= 4 is 34.3 Å². The molecule has 0 unspecified atom stereocenters. The van der Waals surface area contributed by atoms with E-state index in [9.17, 15) is 9.59 Å². The van der Waals surface area contributed by atoms with E-state index < -0.39 is 5.63 Å². The third-order valence-electron chi connectivity index (χ3n) is 3.88. The van der Waals surface area contributed by atoms with E-state index in [1.807, 2.05) is 30.3 Å². The van der Waals surface area contributed by atoms with Crippen molar-refractivity contribution in [1.29, 1.82) is 0 Å². The third-order valence-corrected chi connectivity index (χ3v) is 4.69. The molecule has 0 radical (unpaired) electrons. The molecule has 0 aliphatic rings. The van der Waals surface area contributed by atoms with E-state index in [-0.39, 0.29) is 11.7 Å². The van der Waals surface area contributed by atoms with Crippen LogP contribution in [-0.4, -0.2) is 21.9 Å². The van der Waals surface area contributed by atoms with Crippen molar-refractivity contribution in [2.75, 3.05) is 11.1 Å². The minimum atomic E-state index is -0.410. The van der Waals surface area contributed by atoms with E-state index >= 15 is 0 Å². The molecule has 0 aliphatic carbocycles. The van der Waals surface area contributed by atoms with Crippen LogP contribution in [0, 0.1) is 0 Å². The van der Waals surface area contributed by atoms with Crippen molar-refractivity contribution in [2.45, 2.75) is 11.6 Å². The van der Waals surface area contributed by atoms with Gasteiger partial charge in [-0.05, 0) is 29.8 Å². The van der Waals surface area contributed by atoms with Crippen LogP contribution in [0.2, 0.25) is 0 Å². The van der Waals surface area contributed by atoms with Crippen molar-refractivity contribution in [3.63, 3.8) is 0 Å². The summed E-state index contributed by atoms with van der Waals surface area (Å²) in [6.07, 6.45) is 0.549. The van der Waals surface area contributed by atoms with Crippen LogP contribution in [0.25, 0.3) is 11.0 Å². The van der Waals surface area contributed by atoms with Gasteiger partial charge in [-0.3, -0.25) is 4.79 Å². The van der Waals surface area contributed by atoms with Gasteiger partial charge in [0.2, 0.25) is 11.8 Å². The highest BCUT2D eigenvalue weighted by Gasteiger charge is 2.11. The number of fused-ring (bicyclic) bond motifs is 1. The minimum absolute atomic E-state index is 0.134. The van der Waals surface area contributed by atoms with E-state index in [0.29, 0.717) is 28.8 Å². The molecule has 8 heteroatoms. The summed E-state index contributed by atoms with van der Waals surface area (Å²) >= 11 is 1.17. The third kappa shape index (κ3) is 4.47. The number of anilines is 1. The molecule has 0 fully saturated rings. The van der Waals surface area contributed by atoms with E-state index in [1.54, 1.807) is 24.3 Å². The van der Waals surface area contributed by atoms with Gasteiger partial charge in [0.1, 0.15) is 5.58 Å². The Morgan fingerprint density at radius 2 is 1.86 bits per heavy atom. The molecule has 4 aromatic rings. The van der Waals surface area contributed by atoms with Gasteiger partial charge in [-0.1, -0.05) is 42.1 Å². The topological polar surface area (TPSA) is 98.2 Å². The highest BCUT2D eigenvalue weighted by molar-refractivity contribution is 7.99. The minimum Gasteiger partial charge on any atom is -0.423 e. The highest BCUT2D eigenvalue weighted by Crippen LogP contribution is 2.20. The molecule has 1 amide bonds. The summed E-state index contributed by atoms with van der Waals surface area (Å²) in [5.41, 5.74) is 1.75. The molecule has 1 N–H and O–H groups in total. The van der Waals surface area contributed by atoms with Gasteiger partial charge >= 0.3 is 5.63 Å². The second-order valence-corrected chi connectivity index (χ2v) is 6.89. The number of hydrogen-bond acceptors (Lipinski definition) is 7. The van der Waals surface area contributed by atoms with Crippen LogP contribution < -0.4 is 10.9 Å². The number of thioether (sulfide) groups is 1. The molecule has 2 aromatic carbocycles. The van der Waals surface area contributed by atoms with Gasteiger partial charge in [0, 0.05) is 17.1 Å². The Morgan fingerprint density at radius 3 is 2.71 bits per heavy atom. The van der Waals surface area contributed by atoms with Crippen molar-refractivity contribution in [2.24, 2.45) is 0 Å². The summed E-state index contributed by atoms with van der Waals surface area (Å²) in [4.78, 5) is 23.4. The number of hydrogen-bond donors (Lipinski definition) is 1. The molecule has 140 valence electrons. The Labute approximate surface area is 163 Å². The van der Waals surface area contributed by atoms with E-state index in [0.717, 1.165) is 10.9 Å². The van der Waals surface area contributed by atoms with Gasteiger partial charge < -0.3 is 14.2 Å². The molecule has 0 saturated carbocycles. The number of nitrogens with one attached hydrogen (secondary N) is 1. The molecular weight excluding hydrogens is 378 g/mol. The first-order valence-electron chi connectivity index (χ1n) is 8.48. The number of carbonyl (C=O) groups is 1. The lowest BCUT2D eigenvalue weighted by molar-refractivity contribution is -0.113. The fourth-order valence-corrected chi connectivity index (χ4v) is 3.19. The Morgan fingerprint density at radius 1 is 1.00 bits per heavy atom. The Bertz CT molecular complexity index is 1170. The molecule has 0 saturated heterocycles. The summed E-state index contributed by atoms with van der Waals surface area (Å²) < 4.78 is 10.6. The number of amides is 1. The lowest BCUT2D eigenvalue weighted by Crippen LogP contribution is -2.14. The molecule has 4 rings (SSSR count). The van der Waals surface area contributed by atoms with Crippen molar-refractivity contribution in [3.05, 3.63) is 82.5 Å². The average molecular weight is 393 g/mol. The van der Waals surface area contributed by atoms with Crippen LogP contribution >= 0.6 is 11.8 Å². The van der Waals surface area contributed by atoms with Gasteiger partial charge in [-0.25, -0.2) is 4.79 Å². The zero-order valence-corrected chi connectivity index (χ0v) is 15.4. The van der Waals surface area contributed by atoms with Crippen LogP contribution in [0.4, 0.5) is 5.69 Å². The molecule has 0 bridgehead atoms. The maximum atomic E-state index is 12.2. The first kappa shape index (κ1) is 18.0. The number of benzene rings is 2. The predicted octanol–water partition coefficient (Wildman–Crippen LogP) is 3.50. The Balaban J connectivity index is 1.33. The fraction of sp³-hybridized carbons (Fsp3) is 0.100. The normalized spacial score (nSPS) is 10.9. The van der Waals surface area contributed by atoms with Gasteiger partial charge in [0.05, 0.1) is 12.2 Å². The van der Waals surface area contributed by atoms with Crippen LogP contribution in [0.5, 0.6) is 0 Å². The first-order valence-corrected chi connectivity index (χ1v) is 9.47. The van der Waals surface area contributed by atoms with E-state index in [2.05, 4.69) is 15.5 Å². The van der Waals surface area contributed by atoms with Gasteiger partial charge in [-0.15, -0.1) is 10.2 Å². The maximum absolute atomic E-state index is 12.2. The molecule has 28 heavy (non-hydrogen) atoms. The standard InChI is InChI=1S/C20H15N3O4S/c24-17(21-15-7-8-16-14(11-15)6-9-19(25)26-16)12-28-20-23-22-18(27-20)10-13-4-2-1-3-5-13/h1-9,11H,10,12H2,(H,21,24). The summed E-state index contributed by atoms with van der Waals surface area (Å²) in [7, 11) is 0. The number of rotatable bonds is 6. The summed E-state index contributed by atoms with van der Waals surface area (Å²) in [5, 5.41) is 11.8. The molecule has 0 atom stereocenters. The smallest absolute Gasteiger partial charge is 0.336 e. The van der Waals surface area contributed by atoms with E-state index in [4.69, 9.17) is 8.83 Å². The zero-order chi connectivity index (χ0) is 19.3. The average Bonchev–Trinajstić information content (AvgIpc) is 3.15. The predicted molar refractivity (Wildman–Crippen MR) is 105 cm³/mol. The van der Waals surface area contributed by atoms with Crippen LogP contribution in [0.3, 0.4) is 0 Å². The quantitative estimate of drug-likeness (QED) is 0.395. The van der Waals surface area contributed by atoms with Gasteiger partial charge in [-0.2, -0.15) is 0 Å². The lowest BCUT2D eigenvalue weighted by atomic mass is 10.2. The largest absolute Gasteiger partial charge is 0.423 e. The molecule has 7 nitrogen and oxygen atoms in total. The summed E-state index contributed by atoms with van der Waals surface area (Å²) in [6, 6.07) is 17.9. The van der Waals surface area contributed by atoms with Crippen molar-refractivity contribution < 1.29 is 13.6 Å². The van der Waals surface area contributed by atoms with Gasteiger partial charge in [0.15, 0.2) is 0 Å². The van der Waals surface area contributed by atoms with E-state index in [1.165, 1.54) is 17.8 Å². The summed E-state index contributed by atoms with van der Waals surface area (Å²) in [5.74, 6) is 0.434. The molecule has 0 spiro atoms. The highest BCUT2D eigenvalue weighted by atomic mass is 32.2. The van der Waals surface area contributed by atoms with Crippen molar-refractivity contribution in [1.82, 2.24) is 10.2 Å². The molecule has 2 heterocycles. The van der Waals surface area contributed by atoms with Crippen LogP contribution in [0.1, 0.15) is 11.5 Å². The Kier molecular flexibility index (Phi) is 5.20. The van der Waals surface area contributed by atoms with Crippen LogP contribution in [0.15, 0.2) is 79.5 Å². The maximum Gasteiger partial charge on any atom is 0.336 e. The zero-order valence-electron chi connectivity index (χ0n) is 14.6. The monoisotopic (exact) mass is 393 g/mol. The summed E-state index contributed by atoms with van der Waals surface area (Å²) in [6.45, 7) is 0.